The van der Waals surface area contributed by atoms with E-state index in [1.165, 1.54) is 137 Å². The molecule has 5 heteroatoms. The molecule has 0 aromatic heterocycles. The van der Waals surface area contributed by atoms with Crippen molar-refractivity contribution in [1.29, 1.82) is 0 Å². The molecule has 0 bridgehead atoms. The second-order valence-corrected chi connectivity index (χ2v) is 34.9. The Hall–Kier alpha value is 1.48. The fourth-order valence-corrected chi connectivity index (χ4v) is 45.6. The van der Waals surface area contributed by atoms with Crippen LogP contribution in [0.2, 0.25) is 17.7 Å². The molecule has 37 heavy (non-hydrogen) atoms. The predicted molar refractivity (Wildman–Crippen MR) is 170 cm³/mol. The zero-order valence-electron chi connectivity index (χ0n) is 26.6. The van der Waals surface area contributed by atoms with Crippen LogP contribution in [0.15, 0.2) is 0 Å². The molecule has 0 aliphatic rings. The van der Waals surface area contributed by atoms with Gasteiger partial charge < -0.3 is 0 Å². The van der Waals surface area contributed by atoms with E-state index in [9.17, 15) is 0 Å². The van der Waals surface area contributed by atoms with Crippen molar-refractivity contribution in [1.82, 2.24) is 0 Å². The zero-order chi connectivity index (χ0) is 27.5. The van der Waals surface area contributed by atoms with Gasteiger partial charge in [0, 0.05) is 0 Å². The summed E-state index contributed by atoms with van der Waals surface area (Å²) >= 11 is -6.25. The standard InChI is InChI=1S/2C10H21O.2C4H9.2C2H5.O.2Sn/c2*1-2-3-4-5-6-7-8-9-10-11;2*1-3-4-2;2*1-2;;;/h2*2-10H2,1H3;2*1,3-4H2,2H3;2*1H2,2H3;;;/q2*-1;;;;;;2*+1. The molecule has 0 fully saturated rings. The molecule has 0 amide bonds. The van der Waals surface area contributed by atoms with Gasteiger partial charge in [-0.1, -0.05) is 0 Å². The number of rotatable bonds is 30. The van der Waals surface area contributed by atoms with E-state index >= 15 is 0 Å². The van der Waals surface area contributed by atoms with E-state index in [4.69, 9.17) is 7.56 Å². The van der Waals surface area contributed by atoms with Gasteiger partial charge in [-0.15, -0.1) is 0 Å². The Labute approximate surface area is 245 Å². The molecule has 0 saturated carbocycles. The van der Waals surface area contributed by atoms with Crippen molar-refractivity contribution in [3.63, 3.8) is 0 Å². The molecular weight excluding hydrogens is 670 g/mol. The molecule has 224 valence electrons. The van der Waals surface area contributed by atoms with E-state index in [1.807, 2.05) is 0 Å². The first-order valence-electron chi connectivity index (χ1n) is 17.1. The molecule has 0 saturated heterocycles. The van der Waals surface area contributed by atoms with Crippen molar-refractivity contribution < 1.29 is 7.56 Å². The molecule has 2 unspecified atom stereocenters. The van der Waals surface area contributed by atoms with Crippen LogP contribution >= 0.6 is 0 Å². The number of unbranched alkanes of at least 4 members (excludes halogenated alkanes) is 16. The molecule has 0 heterocycles. The van der Waals surface area contributed by atoms with Crippen molar-refractivity contribution >= 4 is 38.4 Å². The summed E-state index contributed by atoms with van der Waals surface area (Å²) in [6, 6.07) is 0. The van der Waals surface area contributed by atoms with Gasteiger partial charge in [0.05, 0.1) is 0 Å². The fourth-order valence-electron chi connectivity index (χ4n) is 5.23. The summed E-state index contributed by atoms with van der Waals surface area (Å²) < 4.78 is 26.0. The minimum atomic E-state index is -3.12. The first kappa shape index (κ1) is 38.5. The monoisotopic (exact) mass is 742 g/mol. The summed E-state index contributed by atoms with van der Waals surface area (Å²) in [5.74, 6) is 0. The van der Waals surface area contributed by atoms with Crippen LogP contribution in [-0.4, -0.2) is 51.6 Å². The van der Waals surface area contributed by atoms with Crippen molar-refractivity contribution in [2.45, 2.75) is 188 Å². The molecule has 0 aromatic carbocycles. The molecule has 0 aromatic rings. The Bertz CT molecular complexity index is 425. The first-order valence-corrected chi connectivity index (χ1v) is 29.8. The van der Waals surface area contributed by atoms with Gasteiger partial charge >= 0.3 is 247 Å². The van der Waals surface area contributed by atoms with Crippen LogP contribution in [0.1, 0.15) is 170 Å². The van der Waals surface area contributed by atoms with Crippen LogP contribution in [0.25, 0.3) is 0 Å². The summed E-state index contributed by atoms with van der Waals surface area (Å²) in [4.78, 5) is 0. The average molecular weight is 740 g/mol. The quantitative estimate of drug-likeness (QED) is 0.0542. The zero-order valence-corrected chi connectivity index (χ0v) is 32.3. The summed E-state index contributed by atoms with van der Waals surface area (Å²) in [7, 11) is 0. The van der Waals surface area contributed by atoms with E-state index in [2.05, 4.69) is 41.5 Å². The van der Waals surface area contributed by atoms with Crippen molar-refractivity contribution in [3.8, 4) is 0 Å². The molecule has 0 N–H and O–H groups in total. The molecule has 0 aliphatic carbocycles. The van der Waals surface area contributed by atoms with Crippen LogP contribution in [-0.2, 0) is 7.56 Å². The Balaban J connectivity index is 4.86. The molecule has 2 atom stereocenters. The normalized spacial score (nSPS) is 15.1. The summed E-state index contributed by atoms with van der Waals surface area (Å²) in [6.45, 7) is 15.8. The summed E-state index contributed by atoms with van der Waals surface area (Å²) in [6.07, 6.45) is 26.7. The predicted octanol–water partition coefficient (Wildman–Crippen LogP) is 11.8. The number of hydrogen-bond donors (Lipinski definition) is 0. The van der Waals surface area contributed by atoms with Crippen molar-refractivity contribution in [2.75, 3.05) is 13.2 Å². The van der Waals surface area contributed by atoms with Gasteiger partial charge in [0.25, 0.3) is 0 Å². The Kier molecular flexibility index (Phi) is 28.7. The first-order chi connectivity index (χ1) is 18.1. The minimum absolute atomic E-state index is 0.931. The Morgan fingerprint density at radius 2 is 0.649 bits per heavy atom. The van der Waals surface area contributed by atoms with Crippen LogP contribution in [0.5, 0.6) is 0 Å². The third kappa shape index (κ3) is 20.9. The topological polar surface area (TPSA) is 27.7 Å². The van der Waals surface area contributed by atoms with Crippen LogP contribution in [0.3, 0.4) is 0 Å². The SMILES string of the molecule is CCCCCCCCCC[O][Sn]([CH2]C)([CH2]CCC)[O][Sn]([CH2]C)([CH2]CCC)[O]CCCCCCCCCC. The number of hydrogen-bond acceptors (Lipinski definition) is 3. The Morgan fingerprint density at radius 1 is 0.351 bits per heavy atom. The van der Waals surface area contributed by atoms with Crippen LogP contribution in [0.4, 0.5) is 0 Å². The maximum atomic E-state index is 7.45. The molecule has 0 radical (unpaired) electrons. The van der Waals surface area contributed by atoms with Crippen molar-refractivity contribution in [3.05, 3.63) is 0 Å². The second kappa shape index (κ2) is 27.6. The maximum absolute atomic E-state index is 7.45. The average Bonchev–Trinajstić information content (AvgIpc) is 2.92. The third-order valence-corrected chi connectivity index (χ3v) is 41.1. The van der Waals surface area contributed by atoms with Crippen LogP contribution < -0.4 is 0 Å². The van der Waals surface area contributed by atoms with E-state index in [1.54, 1.807) is 0 Å². The molecule has 0 rings (SSSR count). The van der Waals surface area contributed by atoms with E-state index < -0.39 is 38.4 Å². The van der Waals surface area contributed by atoms with Gasteiger partial charge in [0.15, 0.2) is 0 Å². The summed E-state index contributed by atoms with van der Waals surface area (Å²) in [5, 5.41) is 0. The van der Waals surface area contributed by atoms with Gasteiger partial charge in [0.1, 0.15) is 0 Å². The summed E-state index contributed by atoms with van der Waals surface area (Å²) in [5.41, 5.74) is 0. The van der Waals surface area contributed by atoms with Crippen LogP contribution in [0, 0.1) is 0 Å². The van der Waals surface area contributed by atoms with Gasteiger partial charge in [-0.2, -0.15) is 0 Å². The molecular formula is C32H70O3Sn2. The van der Waals surface area contributed by atoms with Gasteiger partial charge in [-0.05, 0) is 0 Å². The van der Waals surface area contributed by atoms with E-state index in [0.717, 1.165) is 22.1 Å². The second-order valence-electron chi connectivity index (χ2n) is 11.5. The van der Waals surface area contributed by atoms with Gasteiger partial charge in [-0.3, -0.25) is 0 Å². The van der Waals surface area contributed by atoms with E-state index in [0.29, 0.717) is 0 Å². The molecule has 0 aliphatic heterocycles. The molecule has 0 spiro atoms. The van der Waals surface area contributed by atoms with Gasteiger partial charge in [-0.25, -0.2) is 0 Å². The fraction of sp³-hybridized carbons (Fsp3) is 1.00. The molecule has 3 nitrogen and oxygen atoms in total. The third-order valence-electron chi connectivity index (χ3n) is 8.00. The van der Waals surface area contributed by atoms with Crippen molar-refractivity contribution in [2.24, 2.45) is 0 Å². The Morgan fingerprint density at radius 3 is 0.946 bits per heavy atom. The van der Waals surface area contributed by atoms with Gasteiger partial charge in [0.2, 0.25) is 0 Å². The van der Waals surface area contributed by atoms with E-state index in [-0.39, 0.29) is 0 Å².